The molecule has 1 aliphatic rings. The molecule has 2 heteroatoms. The molecule has 0 radical (unpaired) electrons. The molecule has 0 heterocycles. The second-order valence-electron chi connectivity index (χ2n) is 2.30. The third-order valence-electron chi connectivity index (χ3n) is 1.47. The van der Waals surface area contributed by atoms with Gasteiger partial charge in [-0.2, -0.15) is 0 Å². The van der Waals surface area contributed by atoms with E-state index in [9.17, 15) is 0 Å². The van der Waals surface area contributed by atoms with E-state index < -0.39 is 0 Å². The van der Waals surface area contributed by atoms with Gasteiger partial charge in [0.15, 0.2) is 0 Å². The first-order valence-electron chi connectivity index (χ1n) is 3.06. The van der Waals surface area contributed by atoms with Crippen LogP contribution in [0, 0.1) is 5.92 Å². The molecule has 0 aromatic heterocycles. The maximum Gasteiger partial charge on any atom is 0.0827 e. The summed E-state index contributed by atoms with van der Waals surface area (Å²) in [5, 5.41) is 0. The van der Waals surface area contributed by atoms with Gasteiger partial charge in [-0.25, -0.2) is 3.21 Å². The Morgan fingerprint density at radius 2 is 2.38 bits per heavy atom. The molecule has 0 aromatic carbocycles. The Balaban J connectivity index is 1.88. The van der Waals surface area contributed by atoms with E-state index in [2.05, 4.69) is 3.21 Å². The van der Waals surface area contributed by atoms with Crippen LogP contribution in [0.15, 0.2) is 3.21 Å². The summed E-state index contributed by atoms with van der Waals surface area (Å²) in [5.74, 6) is 1.06. The van der Waals surface area contributed by atoms with E-state index in [0.717, 1.165) is 5.92 Å². The molecule has 0 aromatic rings. The molecular formula is C6H10IN. The summed E-state index contributed by atoms with van der Waals surface area (Å²) < 4.78 is 3.88. The molecule has 0 unspecified atom stereocenters. The summed E-state index contributed by atoms with van der Waals surface area (Å²) in [6.45, 7) is 0. The Morgan fingerprint density at radius 1 is 1.62 bits per heavy atom. The smallest absolute Gasteiger partial charge is 0.0827 e. The average Bonchev–Trinajstić information content (AvgIpc) is 2.51. The van der Waals surface area contributed by atoms with Crippen LogP contribution in [0.25, 0.3) is 0 Å². The Bertz CT molecular complexity index is 86.5. The SMILES string of the molecule is I/N=C/CCC1CC1. The first kappa shape index (κ1) is 6.52. The van der Waals surface area contributed by atoms with Gasteiger partial charge in [0.25, 0.3) is 0 Å². The van der Waals surface area contributed by atoms with Gasteiger partial charge in [-0.15, -0.1) is 0 Å². The second-order valence-corrected chi connectivity index (χ2v) is 2.86. The van der Waals surface area contributed by atoms with Crippen molar-refractivity contribution in [1.82, 2.24) is 0 Å². The van der Waals surface area contributed by atoms with Crippen molar-refractivity contribution in [2.45, 2.75) is 25.7 Å². The number of hydrogen-bond donors (Lipinski definition) is 0. The van der Waals surface area contributed by atoms with Crippen LogP contribution in [0.4, 0.5) is 0 Å². The highest BCUT2D eigenvalue weighted by atomic mass is 127. The number of rotatable bonds is 3. The van der Waals surface area contributed by atoms with E-state index in [-0.39, 0.29) is 0 Å². The molecule has 8 heavy (non-hydrogen) atoms. The zero-order chi connectivity index (χ0) is 5.82. The van der Waals surface area contributed by atoms with Crippen molar-refractivity contribution in [2.24, 2.45) is 9.12 Å². The molecule has 46 valence electrons. The monoisotopic (exact) mass is 223 g/mol. The molecular weight excluding hydrogens is 213 g/mol. The molecule has 0 amide bonds. The van der Waals surface area contributed by atoms with Crippen LogP contribution in [0.2, 0.25) is 0 Å². The third kappa shape index (κ3) is 2.64. The van der Waals surface area contributed by atoms with E-state index in [1.54, 1.807) is 0 Å². The topological polar surface area (TPSA) is 12.4 Å². The largest absolute Gasteiger partial charge is 0.228 e. The van der Waals surface area contributed by atoms with Gasteiger partial charge in [0.2, 0.25) is 0 Å². The maximum absolute atomic E-state index is 3.88. The maximum atomic E-state index is 3.88. The minimum absolute atomic E-state index is 1.06. The molecule has 1 nitrogen and oxygen atoms in total. The molecule has 0 spiro atoms. The average molecular weight is 223 g/mol. The van der Waals surface area contributed by atoms with Crippen molar-refractivity contribution in [1.29, 1.82) is 0 Å². The fraction of sp³-hybridized carbons (Fsp3) is 0.833. The van der Waals surface area contributed by atoms with E-state index in [1.807, 2.05) is 29.1 Å². The van der Waals surface area contributed by atoms with E-state index >= 15 is 0 Å². The highest BCUT2D eigenvalue weighted by Crippen LogP contribution is 2.32. The fourth-order valence-electron chi connectivity index (χ4n) is 0.766. The molecule has 1 fully saturated rings. The van der Waals surface area contributed by atoms with Crippen LogP contribution >= 0.6 is 22.9 Å². The lowest BCUT2D eigenvalue weighted by atomic mass is 10.2. The zero-order valence-corrected chi connectivity index (χ0v) is 6.97. The Hall–Kier alpha value is 0.400. The lowest BCUT2D eigenvalue weighted by Crippen LogP contribution is -1.76. The summed E-state index contributed by atoms with van der Waals surface area (Å²) in [7, 11) is 0. The lowest BCUT2D eigenvalue weighted by Gasteiger charge is -1.85. The highest BCUT2D eigenvalue weighted by Gasteiger charge is 2.19. The Kier molecular flexibility index (Phi) is 2.80. The van der Waals surface area contributed by atoms with Gasteiger partial charge in [0.1, 0.15) is 0 Å². The molecule has 1 saturated carbocycles. The molecule has 0 bridgehead atoms. The highest BCUT2D eigenvalue weighted by molar-refractivity contribution is 14.1. The van der Waals surface area contributed by atoms with E-state index in [1.165, 1.54) is 25.7 Å². The van der Waals surface area contributed by atoms with Crippen LogP contribution in [0.3, 0.4) is 0 Å². The van der Waals surface area contributed by atoms with Crippen LogP contribution < -0.4 is 0 Å². The van der Waals surface area contributed by atoms with Gasteiger partial charge >= 0.3 is 0 Å². The van der Waals surface area contributed by atoms with Crippen molar-refractivity contribution in [2.75, 3.05) is 0 Å². The second kappa shape index (κ2) is 3.43. The van der Waals surface area contributed by atoms with Gasteiger partial charge < -0.3 is 0 Å². The number of hydrogen-bond acceptors (Lipinski definition) is 1. The summed E-state index contributed by atoms with van der Waals surface area (Å²) in [4.78, 5) is 0. The minimum Gasteiger partial charge on any atom is -0.228 e. The van der Waals surface area contributed by atoms with Gasteiger partial charge in [-0.05, 0) is 18.8 Å². The lowest BCUT2D eigenvalue weighted by molar-refractivity contribution is 0.765. The summed E-state index contributed by atoms with van der Waals surface area (Å²) in [5.41, 5.74) is 0. The normalized spacial score (nSPS) is 20.1. The van der Waals surface area contributed by atoms with Crippen LogP contribution in [-0.2, 0) is 0 Å². The van der Waals surface area contributed by atoms with Gasteiger partial charge in [-0.1, -0.05) is 12.8 Å². The molecule has 1 aliphatic carbocycles. The fourth-order valence-corrected chi connectivity index (χ4v) is 1.04. The van der Waals surface area contributed by atoms with Crippen molar-refractivity contribution >= 4 is 29.1 Å². The van der Waals surface area contributed by atoms with Crippen LogP contribution in [0.5, 0.6) is 0 Å². The first-order valence-corrected chi connectivity index (χ1v) is 4.03. The molecule has 0 aliphatic heterocycles. The Morgan fingerprint density at radius 3 is 2.88 bits per heavy atom. The third-order valence-corrected chi connectivity index (χ3v) is 1.86. The van der Waals surface area contributed by atoms with E-state index in [4.69, 9.17) is 0 Å². The first-order chi connectivity index (χ1) is 3.93. The van der Waals surface area contributed by atoms with Gasteiger partial charge in [-0.3, -0.25) is 0 Å². The summed E-state index contributed by atoms with van der Waals surface area (Å²) in [6.07, 6.45) is 7.49. The summed E-state index contributed by atoms with van der Waals surface area (Å²) >= 11 is 2.02. The predicted octanol–water partition coefficient (Wildman–Crippen LogP) is 2.60. The number of halogens is 1. The van der Waals surface area contributed by atoms with Crippen molar-refractivity contribution in [3.63, 3.8) is 0 Å². The van der Waals surface area contributed by atoms with E-state index in [0.29, 0.717) is 0 Å². The van der Waals surface area contributed by atoms with Gasteiger partial charge in [0, 0.05) is 6.21 Å². The summed E-state index contributed by atoms with van der Waals surface area (Å²) in [6, 6.07) is 0. The van der Waals surface area contributed by atoms with Crippen molar-refractivity contribution < 1.29 is 0 Å². The molecule has 0 atom stereocenters. The molecule has 1 rings (SSSR count). The van der Waals surface area contributed by atoms with Crippen molar-refractivity contribution in [3.05, 3.63) is 0 Å². The number of nitrogens with zero attached hydrogens (tertiary/aromatic N) is 1. The Labute approximate surface area is 64.1 Å². The van der Waals surface area contributed by atoms with Gasteiger partial charge in [0.05, 0.1) is 22.9 Å². The predicted molar refractivity (Wildman–Crippen MR) is 44.5 cm³/mol. The minimum atomic E-state index is 1.06. The molecule has 0 N–H and O–H groups in total. The molecule has 0 saturated heterocycles. The quantitative estimate of drug-likeness (QED) is 0.515. The van der Waals surface area contributed by atoms with Crippen LogP contribution in [0.1, 0.15) is 25.7 Å². The van der Waals surface area contributed by atoms with Crippen LogP contribution in [-0.4, -0.2) is 6.21 Å². The standard InChI is InChI=1S/C6H10IN/c7-8-5-1-2-6-3-4-6/h5-6H,1-4H2/b8-5+. The van der Waals surface area contributed by atoms with Crippen molar-refractivity contribution in [3.8, 4) is 0 Å². The zero-order valence-electron chi connectivity index (χ0n) is 4.81.